The molecule has 6 aromatic carbocycles. The van der Waals surface area contributed by atoms with E-state index in [1.54, 1.807) is 0 Å². The van der Waals surface area contributed by atoms with Crippen molar-refractivity contribution in [1.29, 1.82) is 0 Å². The number of fused-ring (bicyclic) bond motifs is 4. The van der Waals surface area contributed by atoms with Crippen LogP contribution in [0.2, 0.25) is 0 Å². The third-order valence-electron chi connectivity index (χ3n) is 11.7. The van der Waals surface area contributed by atoms with E-state index in [0.29, 0.717) is 5.92 Å². The van der Waals surface area contributed by atoms with E-state index in [2.05, 4.69) is 192 Å². The Morgan fingerprint density at radius 2 is 1.38 bits per heavy atom. The van der Waals surface area contributed by atoms with Gasteiger partial charge in [-0.25, -0.2) is 0 Å². The van der Waals surface area contributed by atoms with E-state index in [0.717, 1.165) is 25.7 Å². The van der Waals surface area contributed by atoms with E-state index < -0.39 is 0 Å². The molecule has 0 saturated heterocycles. The summed E-state index contributed by atoms with van der Waals surface area (Å²) in [5.74, 6) is 0.362. The van der Waals surface area contributed by atoms with Gasteiger partial charge in [0.1, 0.15) is 0 Å². The summed E-state index contributed by atoms with van der Waals surface area (Å²) in [5.41, 5.74) is 12.6. The first-order chi connectivity index (χ1) is 25.4. The first-order valence-electron chi connectivity index (χ1n) is 19.0. The van der Waals surface area contributed by atoms with Gasteiger partial charge in [-0.1, -0.05) is 177 Å². The molecule has 0 amide bonds. The summed E-state index contributed by atoms with van der Waals surface area (Å²) in [5, 5.41) is 7.93. The Morgan fingerprint density at radius 3 is 2.13 bits per heavy atom. The fourth-order valence-electron chi connectivity index (χ4n) is 8.58. The molecule has 0 fully saturated rings. The summed E-state index contributed by atoms with van der Waals surface area (Å²) in [6.07, 6.45) is 24.7. The van der Waals surface area contributed by atoms with Gasteiger partial charge < -0.3 is 0 Å². The standard InChI is InChI=1S/C52H48/c1-36(21-19-32-41-37(2)52(3,4)50-33-18-17-29-45(41)50)20-9-12-26-42-43-27-13-15-30-46(43)51(47-31-16-14-28-44(42)47)49-35-40-25-11-10-24-39(40)34-48(49)38-22-7-5-6-8-23-38/h5-7,9-20,22,24-25,27-35,38H,8,21,23,26H2,1-4H3/b12-9-,32-19-,36-20+. The Labute approximate surface area is 309 Å². The summed E-state index contributed by atoms with van der Waals surface area (Å²) in [6.45, 7) is 9.21. The molecule has 0 nitrogen and oxygen atoms in total. The first-order valence-corrected chi connectivity index (χ1v) is 19.0. The number of rotatable bonds is 8. The Kier molecular flexibility index (Phi) is 9.25. The molecule has 0 bridgehead atoms. The molecule has 2 aliphatic rings. The average molecular weight is 673 g/mol. The molecule has 1 unspecified atom stereocenters. The highest BCUT2D eigenvalue weighted by Crippen LogP contribution is 2.47. The maximum atomic E-state index is 2.46. The summed E-state index contributed by atoms with van der Waals surface area (Å²) >= 11 is 0. The molecule has 8 rings (SSSR count). The molecule has 0 radical (unpaired) electrons. The van der Waals surface area contributed by atoms with Gasteiger partial charge in [-0.3, -0.25) is 0 Å². The minimum absolute atomic E-state index is 0.0814. The lowest BCUT2D eigenvalue weighted by atomic mass is 9.81. The summed E-state index contributed by atoms with van der Waals surface area (Å²) < 4.78 is 0. The number of hydrogen-bond acceptors (Lipinski definition) is 0. The van der Waals surface area contributed by atoms with Crippen LogP contribution in [-0.2, 0) is 11.8 Å². The predicted molar refractivity (Wildman–Crippen MR) is 227 cm³/mol. The lowest BCUT2D eigenvalue weighted by molar-refractivity contribution is 0.639. The average Bonchev–Trinajstić information content (AvgIpc) is 3.35. The van der Waals surface area contributed by atoms with E-state index in [4.69, 9.17) is 0 Å². The summed E-state index contributed by atoms with van der Waals surface area (Å²) in [6, 6.07) is 40.8. The molecule has 0 heterocycles. The number of allylic oxidation sites excluding steroid dienone is 12. The van der Waals surface area contributed by atoms with Crippen molar-refractivity contribution in [3.8, 4) is 11.1 Å². The van der Waals surface area contributed by atoms with Crippen LogP contribution in [0.3, 0.4) is 0 Å². The third-order valence-corrected chi connectivity index (χ3v) is 11.7. The molecular formula is C52H48. The van der Waals surface area contributed by atoms with Crippen LogP contribution in [0.5, 0.6) is 0 Å². The monoisotopic (exact) mass is 672 g/mol. The number of hydrogen-bond donors (Lipinski definition) is 0. The lowest BCUT2D eigenvalue weighted by Crippen LogP contribution is -2.15. The van der Waals surface area contributed by atoms with Crippen LogP contribution in [0, 0.1) is 0 Å². The van der Waals surface area contributed by atoms with Crippen molar-refractivity contribution in [3.05, 3.63) is 197 Å². The van der Waals surface area contributed by atoms with Crippen LogP contribution in [-0.4, -0.2) is 0 Å². The van der Waals surface area contributed by atoms with Crippen molar-refractivity contribution in [3.63, 3.8) is 0 Å². The Hall–Kier alpha value is -5.46. The molecular weight excluding hydrogens is 625 g/mol. The summed E-state index contributed by atoms with van der Waals surface area (Å²) in [7, 11) is 0. The lowest BCUT2D eigenvalue weighted by Gasteiger charge is -2.22. The molecule has 0 heteroatoms. The van der Waals surface area contributed by atoms with Crippen molar-refractivity contribution >= 4 is 37.9 Å². The first kappa shape index (κ1) is 33.7. The van der Waals surface area contributed by atoms with E-state index in [-0.39, 0.29) is 5.41 Å². The van der Waals surface area contributed by atoms with E-state index in [1.807, 2.05) is 0 Å². The van der Waals surface area contributed by atoms with Gasteiger partial charge in [0, 0.05) is 11.3 Å². The molecule has 0 saturated carbocycles. The zero-order valence-electron chi connectivity index (χ0n) is 31.0. The van der Waals surface area contributed by atoms with Crippen molar-refractivity contribution < 1.29 is 0 Å². The van der Waals surface area contributed by atoms with Gasteiger partial charge in [0.25, 0.3) is 0 Å². The second kappa shape index (κ2) is 14.3. The fraction of sp³-hybridized carbons (Fsp3) is 0.192. The Bertz CT molecular complexity index is 2450. The Morgan fingerprint density at radius 1 is 0.731 bits per heavy atom. The van der Waals surface area contributed by atoms with Crippen LogP contribution in [0.1, 0.15) is 75.1 Å². The van der Waals surface area contributed by atoms with Gasteiger partial charge >= 0.3 is 0 Å². The van der Waals surface area contributed by atoms with Gasteiger partial charge in [0.05, 0.1) is 0 Å². The topological polar surface area (TPSA) is 0 Å². The van der Waals surface area contributed by atoms with E-state index >= 15 is 0 Å². The van der Waals surface area contributed by atoms with Crippen LogP contribution in [0.25, 0.3) is 49.0 Å². The molecule has 0 spiro atoms. The van der Waals surface area contributed by atoms with Crippen LogP contribution < -0.4 is 0 Å². The van der Waals surface area contributed by atoms with E-state index in [1.165, 1.54) is 82.4 Å². The highest BCUT2D eigenvalue weighted by Gasteiger charge is 2.33. The molecule has 0 N–H and O–H groups in total. The fourth-order valence-corrected chi connectivity index (χ4v) is 8.58. The second-order valence-corrected chi connectivity index (χ2v) is 15.2. The van der Waals surface area contributed by atoms with Crippen molar-refractivity contribution in [2.75, 3.05) is 0 Å². The smallest absolute Gasteiger partial charge is 0.0118 e. The SMILES string of the molecule is CC1=C(/C=C\C/C(C)=C/C=C\Cc2c3ccccc3c(-c3cc4ccccc4cc3C3C=CC=CCC3)c3ccccc23)c2ccccc2C1(C)C. The molecule has 6 aromatic rings. The quantitative estimate of drug-likeness (QED) is 0.111. The maximum absolute atomic E-state index is 2.46. The molecule has 0 aliphatic heterocycles. The van der Waals surface area contributed by atoms with Crippen molar-refractivity contribution in [2.24, 2.45) is 0 Å². The van der Waals surface area contributed by atoms with Crippen LogP contribution >= 0.6 is 0 Å². The van der Waals surface area contributed by atoms with E-state index in [9.17, 15) is 0 Å². The maximum Gasteiger partial charge on any atom is 0.0118 e. The van der Waals surface area contributed by atoms with Gasteiger partial charge in [-0.2, -0.15) is 0 Å². The minimum Gasteiger partial charge on any atom is -0.0845 e. The predicted octanol–water partition coefficient (Wildman–Crippen LogP) is 14.6. The molecule has 2 aliphatic carbocycles. The number of benzene rings is 6. The zero-order valence-corrected chi connectivity index (χ0v) is 31.0. The van der Waals surface area contributed by atoms with Gasteiger partial charge in [-0.05, 0) is 123 Å². The normalized spacial score (nSPS) is 17.3. The zero-order chi connectivity index (χ0) is 35.7. The molecule has 256 valence electrons. The Balaban J connectivity index is 1.13. The van der Waals surface area contributed by atoms with Crippen molar-refractivity contribution in [2.45, 2.75) is 64.7 Å². The van der Waals surface area contributed by atoms with Gasteiger partial charge in [0.2, 0.25) is 0 Å². The van der Waals surface area contributed by atoms with Crippen LogP contribution in [0.15, 0.2) is 175 Å². The highest BCUT2D eigenvalue weighted by atomic mass is 14.4. The second-order valence-electron chi connectivity index (χ2n) is 15.2. The minimum atomic E-state index is 0.0814. The summed E-state index contributed by atoms with van der Waals surface area (Å²) in [4.78, 5) is 0. The highest BCUT2D eigenvalue weighted by molar-refractivity contribution is 6.16. The molecule has 52 heavy (non-hydrogen) atoms. The molecule has 0 aromatic heterocycles. The van der Waals surface area contributed by atoms with Crippen molar-refractivity contribution in [1.82, 2.24) is 0 Å². The molecule has 1 atom stereocenters. The third kappa shape index (κ3) is 6.22. The van der Waals surface area contributed by atoms with Gasteiger partial charge in [0.15, 0.2) is 0 Å². The largest absolute Gasteiger partial charge is 0.0845 e. The van der Waals surface area contributed by atoms with Crippen LogP contribution in [0.4, 0.5) is 0 Å². The van der Waals surface area contributed by atoms with Gasteiger partial charge in [-0.15, -0.1) is 0 Å².